The van der Waals surface area contributed by atoms with E-state index >= 15 is 0 Å². The van der Waals surface area contributed by atoms with Crippen molar-refractivity contribution in [3.05, 3.63) is 23.8 Å². The van der Waals surface area contributed by atoms with Gasteiger partial charge >= 0.3 is 0 Å². The first-order chi connectivity index (χ1) is 14.9. The lowest BCUT2D eigenvalue weighted by Crippen LogP contribution is -2.46. The molecule has 1 aromatic carbocycles. The van der Waals surface area contributed by atoms with E-state index in [1.54, 1.807) is 20.8 Å². The number of amides is 1. The fourth-order valence-corrected chi connectivity index (χ4v) is 5.60. The molecule has 0 spiro atoms. The monoisotopic (exact) mass is 465 g/mol. The number of ether oxygens (including phenoxy) is 1. The Kier molecular flexibility index (Phi) is 7.57. The second-order valence-corrected chi connectivity index (χ2v) is 12.9. The van der Waals surface area contributed by atoms with Crippen molar-refractivity contribution in [1.82, 2.24) is 4.72 Å². The van der Waals surface area contributed by atoms with Crippen molar-refractivity contribution < 1.29 is 17.9 Å². The maximum absolute atomic E-state index is 12.8. The van der Waals surface area contributed by atoms with Crippen LogP contribution >= 0.6 is 0 Å². The third-order valence-corrected chi connectivity index (χ3v) is 8.71. The SMILES string of the molecule is Cc1cc(NC(=O)[C@H]2CC[C@H](NS(=O)(=O)C(C)(C)C)CC2)ccc1N1C[C@@H](C)O[C@@H](C)C1. The minimum atomic E-state index is -3.37. The van der Waals surface area contributed by atoms with Gasteiger partial charge in [-0.2, -0.15) is 0 Å². The summed E-state index contributed by atoms with van der Waals surface area (Å²) in [5.74, 6) is -0.0748. The number of nitrogens with zero attached hydrogens (tertiary/aromatic N) is 1. The number of carbonyl (C=O) groups excluding carboxylic acids is 1. The van der Waals surface area contributed by atoms with E-state index in [4.69, 9.17) is 4.74 Å². The number of nitrogens with one attached hydrogen (secondary N) is 2. The van der Waals surface area contributed by atoms with Crippen molar-refractivity contribution in [2.75, 3.05) is 23.3 Å². The molecule has 2 N–H and O–H groups in total. The van der Waals surface area contributed by atoms with Gasteiger partial charge in [-0.1, -0.05) is 0 Å². The summed E-state index contributed by atoms with van der Waals surface area (Å²) in [5, 5.41) is 3.07. The summed E-state index contributed by atoms with van der Waals surface area (Å²) in [6, 6.07) is 5.98. The highest BCUT2D eigenvalue weighted by Crippen LogP contribution is 2.30. The highest BCUT2D eigenvalue weighted by Gasteiger charge is 2.34. The predicted octanol–water partition coefficient (Wildman–Crippen LogP) is 3.82. The summed E-state index contributed by atoms with van der Waals surface area (Å²) in [5.41, 5.74) is 3.11. The van der Waals surface area contributed by atoms with Crippen LogP contribution in [-0.4, -0.2) is 50.4 Å². The molecule has 7 nitrogen and oxygen atoms in total. The molecule has 0 unspecified atom stereocenters. The molecule has 180 valence electrons. The highest BCUT2D eigenvalue weighted by molar-refractivity contribution is 7.90. The van der Waals surface area contributed by atoms with Gasteiger partial charge in [0, 0.05) is 36.4 Å². The molecule has 2 aliphatic rings. The number of sulfonamides is 1. The van der Waals surface area contributed by atoms with E-state index < -0.39 is 14.8 Å². The first-order valence-corrected chi connectivity index (χ1v) is 13.2. The zero-order valence-electron chi connectivity index (χ0n) is 20.3. The van der Waals surface area contributed by atoms with E-state index in [1.807, 2.05) is 12.1 Å². The van der Waals surface area contributed by atoms with Gasteiger partial charge in [0.15, 0.2) is 0 Å². The molecule has 2 fully saturated rings. The smallest absolute Gasteiger partial charge is 0.227 e. The first-order valence-electron chi connectivity index (χ1n) is 11.7. The minimum absolute atomic E-state index is 0.0166. The molecule has 3 rings (SSSR count). The molecular formula is C24H39N3O4S. The topological polar surface area (TPSA) is 87.7 Å². The number of rotatable bonds is 5. The van der Waals surface area contributed by atoms with E-state index in [9.17, 15) is 13.2 Å². The largest absolute Gasteiger partial charge is 0.372 e. The molecule has 1 aliphatic heterocycles. The van der Waals surface area contributed by atoms with Gasteiger partial charge in [-0.25, -0.2) is 13.1 Å². The van der Waals surface area contributed by atoms with E-state index in [2.05, 4.69) is 41.8 Å². The van der Waals surface area contributed by atoms with E-state index in [0.717, 1.165) is 24.3 Å². The van der Waals surface area contributed by atoms with Gasteiger partial charge in [-0.05, 0) is 91.0 Å². The molecule has 1 saturated heterocycles. The van der Waals surface area contributed by atoms with Crippen LogP contribution in [0.15, 0.2) is 18.2 Å². The molecule has 0 aromatic heterocycles. The third-order valence-electron chi connectivity index (χ3n) is 6.45. The second kappa shape index (κ2) is 9.69. The van der Waals surface area contributed by atoms with Crippen LogP contribution in [0.4, 0.5) is 11.4 Å². The standard InChI is InChI=1S/C24H39N3O4S/c1-16-13-21(11-12-22(16)27-14-17(2)31-18(3)15-27)25-23(28)19-7-9-20(10-8-19)26-32(29,30)24(4,5)6/h11-13,17-20,26H,7-10,14-15H2,1-6H3,(H,25,28)/t17-,18+,19-,20-. The normalized spacial score (nSPS) is 27.2. The molecule has 1 heterocycles. The predicted molar refractivity (Wildman–Crippen MR) is 130 cm³/mol. The minimum Gasteiger partial charge on any atom is -0.372 e. The Balaban J connectivity index is 1.55. The van der Waals surface area contributed by atoms with Gasteiger partial charge < -0.3 is 15.0 Å². The number of hydrogen-bond acceptors (Lipinski definition) is 5. The summed E-state index contributed by atoms with van der Waals surface area (Å²) >= 11 is 0. The van der Waals surface area contributed by atoms with Crippen LogP contribution in [0.2, 0.25) is 0 Å². The van der Waals surface area contributed by atoms with Gasteiger partial charge in [0.25, 0.3) is 0 Å². The lowest BCUT2D eigenvalue weighted by atomic mass is 9.86. The lowest BCUT2D eigenvalue weighted by Gasteiger charge is -2.37. The third kappa shape index (κ3) is 6.02. The fraction of sp³-hybridized carbons (Fsp3) is 0.708. The Hall–Kier alpha value is -1.64. The molecule has 1 aromatic rings. The Labute approximate surface area is 193 Å². The Morgan fingerprint density at radius 3 is 2.19 bits per heavy atom. The Bertz CT molecular complexity index is 908. The molecule has 0 bridgehead atoms. The quantitative estimate of drug-likeness (QED) is 0.690. The molecule has 1 saturated carbocycles. The van der Waals surface area contributed by atoms with Crippen LogP contribution in [0, 0.1) is 12.8 Å². The molecule has 2 atom stereocenters. The number of anilines is 2. The molecular weight excluding hydrogens is 426 g/mol. The van der Waals surface area contributed by atoms with Gasteiger partial charge in [-0.15, -0.1) is 0 Å². The van der Waals surface area contributed by atoms with E-state index in [0.29, 0.717) is 25.7 Å². The van der Waals surface area contributed by atoms with Crippen LogP contribution in [0.5, 0.6) is 0 Å². The highest BCUT2D eigenvalue weighted by atomic mass is 32.2. The molecule has 32 heavy (non-hydrogen) atoms. The maximum atomic E-state index is 12.8. The number of hydrogen-bond donors (Lipinski definition) is 2. The molecule has 1 aliphatic carbocycles. The summed E-state index contributed by atoms with van der Waals surface area (Å²) < 4.78 is 32.6. The van der Waals surface area contributed by atoms with E-state index in [-0.39, 0.29) is 30.1 Å². The average molecular weight is 466 g/mol. The lowest BCUT2D eigenvalue weighted by molar-refractivity contribution is -0.120. The van der Waals surface area contributed by atoms with Crippen molar-refractivity contribution in [2.24, 2.45) is 5.92 Å². The van der Waals surface area contributed by atoms with Crippen molar-refractivity contribution in [3.8, 4) is 0 Å². The number of benzene rings is 1. The molecule has 8 heteroatoms. The van der Waals surface area contributed by atoms with Crippen molar-refractivity contribution in [2.45, 2.75) is 90.2 Å². The molecule has 0 radical (unpaired) electrons. The zero-order valence-corrected chi connectivity index (χ0v) is 21.1. The Morgan fingerprint density at radius 1 is 1.06 bits per heavy atom. The van der Waals surface area contributed by atoms with Crippen molar-refractivity contribution >= 4 is 27.3 Å². The van der Waals surface area contributed by atoms with Gasteiger partial charge in [0.05, 0.1) is 17.0 Å². The summed E-state index contributed by atoms with van der Waals surface area (Å²) in [6.45, 7) is 13.1. The number of morpholine rings is 1. The van der Waals surface area contributed by atoms with Gasteiger partial charge in [0.2, 0.25) is 15.9 Å². The zero-order chi connectivity index (χ0) is 23.7. The van der Waals surface area contributed by atoms with Crippen molar-refractivity contribution in [1.29, 1.82) is 0 Å². The van der Waals surface area contributed by atoms with Crippen LogP contribution in [-0.2, 0) is 19.6 Å². The summed E-state index contributed by atoms with van der Waals surface area (Å²) in [7, 11) is -3.37. The first kappa shape index (κ1) is 25.0. The fourth-order valence-electron chi connectivity index (χ4n) is 4.58. The van der Waals surface area contributed by atoms with Gasteiger partial charge in [0.1, 0.15) is 0 Å². The van der Waals surface area contributed by atoms with Crippen LogP contribution < -0.4 is 14.9 Å². The summed E-state index contributed by atoms with van der Waals surface area (Å²) in [6.07, 6.45) is 3.12. The van der Waals surface area contributed by atoms with Crippen molar-refractivity contribution in [3.63, 3.8) is 0 Å². The number of carbonyl (C=O) groups is 1. The number of aryl methyl sites for hydroxylation is 1. The van der Waals surface area contributed by atoms with Gasteiger partial charge in [-0.3, -0.25) is 4.79 Å². The Morgan fingerprint density at radius 2 is 1.66 bits per heavy atom. The van der Waals surface area contributed by atoms with Crippen LogP contribution in [0.3, 0.4) is 0 Å². The van der Waals surface area contributed by atoms with Crippen LogP contribution in [0.25, 0.3) is 0 Å². The summed E-state index contributed by atoms with van der Waals surface area (Å²) in [4.78, 5) is 15.2. The maximum Gasteiger partial charge on any atom is 0.227 e. The second-order valence-electron chi connectivity index (χ2n) is 10.4. The van der Waals surface area contributed by atoms with Crippen LogP contribution in [0.1, 0.15) is 65.9 Å². The average Bonchev–Trinajstić information content (AvgIpc) is 2.66. The van der Waals surface area contributed by atoms with E-state index in [1.165, 1.54) is 5.69 Å². The molecule has 1 amide bonds.